The molecule has 36 heavy (non-hydrogen) atoms. The average molecular weight is 528 g/mol. The van der Waals surface area contributed by atoms with Crippen molar-refractivity contribution >= 4 is 23.5 Å². The van der Waals surface area contributed by atoms with Crippen LogP contribution < -0.4 is 5.32 Å². The van der Waals surface area contributed by atoms with Crippen molar-refractivity contribution in [3.63, 3.8) is 0 Å². The van der Waals surface area contributed by atoms with Crippen molar-refractivity contribution in [1.29, 1.82) is 0 Å². The SMILES string of the molecule is CCCCCCN1CCC(NC(=O)[C@@]2(CC(=O)O)CN(Cc3c(Cl)cccc3C(F)F)C[C@@H]2C)CC1. The summed E-state index contributed by atoms with van der Waals surface area (Å²) in [5, 5.41) is 13.1. The molecule has 0 radical (unpaired) electrons. The number of carboxylic acids is 1. The first-order valence-corrected chi connectivity index (χ1v) is 13.6. The molecule has 6 nitrogen and oxygen atoms in total. The highest BCUT2D eigenvalue weighted by molar-refractivity contribution is 6.31. The number of nitrogens with one attached hydrogen (secondary N) is 1. The number of alkyl halides is 2. The van der Waals surface area contributed by atoms with Crippen LogP contribution in [0.2, 0.25) is 5.02 Å². The van der Waals surface area contributed by atoms with Crippen LogP contribution >= 0.6 is 11.6 Å². The van der Waals surface area contributed by atoms with Gasteiger partial charge in [-0.15, -0.1) is 0 Å². The molecule has 0 bridgehead atoms. The summed E-state index contributed by atoms with van der Waals surface area (Å²) in [5.74, 6) is -1.52. The Hall–Kier alpha value is -1.77. The van der Waals surface area contributed by atoms with E-state index in [1.54, 1.807) is 6.07 Å². The lowest BCUT2D eigenvalue weighted by Gasteiger charge is -2.36. The second kappa shape index (κ2) is 13.2. The predicted molar refractivity (Wildman–Crippen MR) is 137 cm³/mol. The molecular weight excluding hydrogens is 488 g/mol. The number of carbonyl (C=O) groups is 2. The molecule has 2 N–H and O–H groups in total. The number of carbonyl (C=O) groups excluding carboxylic acids is 1. The Morgan fingerprint density at radius 1 is 1.19 bits per heavy atom. The molecule has 2 atom stereocenters. The maximum absolute atomic E-state index is 13.6. The highest BCUT2D eigenvalue weighted by Crippen LogP contribution is 2.41. The first kappa shape index (κ1) is 28.8. The van der Waals surface area contributed by atoms with Gasteiger partial charge in [-0.1, -0.05) is 56.8 Å². The molecule has 2 fully saturated rings. The number of aliphatic carboxylic acids is 1. The summed E-state index contributed by atoms with van der Waals surface area (Å²) in [6.07, 6.45) is 3.64. The second-order valence-electron chi connectivity index (χ2n) is 10.6. The van der Waals surface area contributed by atoms with Crippen molar-refractivity contribution in [2.24, 2.45) is 11.3 Å². The summed E-state index contributed by atoms with van der Waals surface area (Å²) in [6, 6.07) is 4.46. The Kier molecular flexibility index (Phi) is 10.5. The standard InChI is InChI=1S/C27H40ClF2N3O3/c1-3-4-5-6-12-32-13-10-20(11-14-32)31-26(36)27(15-24(34)35)18-33(16-19(27)2)17-22-21(25(29)30)8-7-9-23(22)28/h7-9,19-20,25H,3-6,10-18H2,1-2H3,(H,31,36)(H,34,35)/t19-,27-/m0/s1. The molecule has 2 aliphatic heterocycles. The number of piperidine rings is 1. The van der Waals surface area contributed by atoms with Crippen LogP contribution in [0, 0.1) is 11.3 Å². The van der Waals surface area contributed by atoms with E-state index < -0.39 is 17.8 Å². The van der Waals surface area contributed by atoms with Gasteiger partial charge in [-0.05, 0) is 43.4 Å². The van der Waals surface area contributed by atoms with Crippen molar-refractivity contribution in [3.05, 3.63) is 34.3 Å². The third kappa shape index (κ3) is 7.17. The van der Waals surface area contributed by atoms with Crippen molar-refractivity contribution in [1.82, 2.24) is 15.1 Å². The fourth-order valence-corrected chi connectivity index (χ4v) is 5.98. The zero-order valence-electron chi connectivity index (χ0n) is 21.4. The van der Waals surface area contributed by atoms with E-state index in [9.17, 15) is 23.5 Å². The van der Waals surface area contributed by atoms with Crippen LogP contribution in [-0.4, -0.2) is 65.5 Å². The van der Waals surface area contributed by atoms with Crippen LogP contribution in [0.3, 0.4) is 0 Å². The van der Waals surface area contributed by atoms with Crippen molar-refractivity contribution in [2.75, 3.05) is 32.7 Å². The zero-order valence-corrected chi connectivity index (χ0v) is 22.2. The van der Waals surface area contributed by atoms with Crippen LogP contribution in [-0.2, 0) is 16.1 Å². The molecule has 2 saturated heterocycles. The topological polar surface area (TPSA) is 72.9 Å². The van der Waals surface area contributed by atoms with E-state index in [1.165, 1.54) is 37.8 Å². The Bertz CT molecular complexity index is 895. The van der Waals surface area contributed by atoms with Crippen LogP contribution in [0.15, 0.2) is 18.2 Å². The minimum absolute atomic E-state index is 0.0188. The smallest absolute Gasteiger partial charge is 0.304 e. The first-order chi connectivity index (χ1) is 17.2. The van der Waals surface area contributed by atoms with Gasteiger partial charge in [0, 0.05) is 49.4 Å². The molecule has 2 aliphatic rings. The molecule has 0 saturated carbocycles. The summed E-state index contributed by atoms with van der Waals surface area (Å²) < 4.78 is 27.2. The zero-order chi connectivity index (χ0) is 26.3. The van der Waals surface area contributed by atoms with Crippen molar-refractivity contribution in [2.45, 2.75) is 77.8 Å². The molecule has 1 aromatic rings. The van der Waals surface area contributed by atoms with Gasteiger partial charge < -0.3 is 15.3 Å². The Morgan fingerprint density at radius 3 is 2.56 bits per heavy atom. The highest BCUT2D eigenvalue weighted by Gasteiger charge is 2.51. The summed E-state index contributed by atoms with van der Waals surface area (Å²) in [7, 11) is 0. The van der Waals surface area contributed by atoms with E-state index in [0.29, 0.717) is 12.1 Å². The fourth-order valence-electron chi connectivity index (χ4n) is 5.74. The summed E-state index contributed by atoms with van der Waals surface area (Å²) >= 11 is 6.26. The Balaban J connectivity index is 1.65. The molecule has 0 spiro atoms. The normalized spacial score (nSPS) is 23.9. The maximum Gasteiger partial charge on any atom is 0.304 e. The number of hydrogen-bond acceptors (Lipinski definition) is 4. The minimum Gasteiger partial charge on any atom is -0.481 e. The number of benzene rings is 1. The number of unbranched alkanes of at least 4 members (excludes halogenated alkanes) is 3. The van der Waals surface area contributed by atoms with Gasteiger partial charge in [-0.3, -0.25) is 14.5 Å². The molecule has 0 unspecified atom stereocenters. The summed E-state index contributed by atoms with van der Waals surface area (Å²) in [4.78, 5) is 29.7. The highest BCUT2D eigenvalue weighted by atomic mass is 35.5. The summed E-state index contributed by atoms with van der Waals surface area (Å²) in [6.45, 7) is 7.78. The molecule has 3 rings (SSSR count). The van der Waals surface area contributed by atoms with Crippen molar-refractivity contribution in [3.8, 4) is 0 Å². The number of hydrogen-bond donors (Lipinski definition) is 2. The molecule has 9 heteroatoms. The van der Waals surface area contributed by atoms with Gasteiger partial charge in [-0.25, -0.2) is 8.78 Å². The number of amides is 1. The van der Waals surface area contributed by atoms with Crippen LogP contribution in [0.4, 0.5) is 8.78 Å². The third-order valence-electron chi connectivity index (χ3n) is 7.92. The van der Waals surface area contributed by atoms with Crippen LogP contribution in [0.5, 0.6) is 0 Å². The Morgan fingerprint density at radius 2 is 1.92 bits per heavy atom. The van der Waals surface area contributed by atoms with Gasteiger partial charge >= 0.3 is 5.97 Å². The molecular formula is C27H40ClF2N3O3. The van der Waals surface area contributed by atoms with Gasteiger partial charge in [0.25, 0.3) is 6.43 Å². The van der Waals surface area contributed by atoms with Gasteiger partial charge in [-0.2, -0.15) is 0 Å². The average Bonchev–Trinajstić information content (AvgIpc) is 3.14. The van der Waals surface area contributed by atoms with Crippen LogP contribution in [0.25, 0.3) is 0 Å². The lowest BCUT2D eigenvalue weighted by Crippen LogP contribution is -2.52. The lowest BCUT2D eigenvalue weighted by atomic mass is 9.75. The van der Waals surface area contributed by atoms with E-state index in [-0.39, 0.29) is 48.0 Å². The molecule has 2 heterocycles. The predicted octanol–water partition coefficient (Wildman–Crippen LogP) is 5.35. The second-order valence-corrected chi connectivity index (χ2v) is 11.0. The van der Waals surface area contributed by atoms with E-state index in [2.05, 4.69) is 17.1 Å². The van der Waals surface area contributed by atoms with Gasteiger partial charge in [0.05, 0.1) is 11.8 Å². The van der Waals surface area contributed by atoms with E-state index in [1.807, 2.05) is 11.8 Å². The number of carboxylic acid groups (broad SMARTS) is 1. The van der Waals surface area contributed by atoms with Crippen molar-refractivity contribution < 1.29 is 23.5 Å². The summed E-state index contributed by atoms with van der Waals surface area (Å²) in [5.41, 5.74) is -0.911. The maximum atomic E-state index is 13.6. The molecule has 1 aromatic carbocycles. The monoisotopic (exact) mass is 527 g/mol. The van der Waals surface area contributed by atoms with Gasteiger partial charge in [0.15, 0.2) is 0 Å². The number of rotatable bonds is 12. The molecule has 1 amide bonds. The van der Waals surface area contributed by atoms with Gasteiger partial charge in [0.1, 0.15) is 0 Å². The largest absolute Gasteiger partial charge is 0.481 e. The Labute approximate surface area is 218 Å². The van der Waals surface area contributed by atoms with E-state index in [0.717, 1.165) is 32.5 Å². The van der Waals surface area contributed by atoms with Crippen LogP contribution in [0.1, 0.15) is 76.3 Å². The minimum atomic E-state index is -2.66. The fraction of sp³-hybridized carbons (Fsp3) is 0.704. The molecule has 0 aliphatic carbocycles. The number of nitrogens with zero attached hydrogens (tertiary/aromatic N) is 2. The molecule has 202 valence electrons. The quantitative estimate of drug-likeness (QED) is 0.358. The van der Waals surface area contributed by atoms with E-state index >= 15 is 0 Å². The first-order valence-electron chi connectivity index (χ1n) is 13.2. The van der Waals surface area contributed by atoms with Gasteiger partial charge in [0.2, 0.25) is 5.91 Å². The van der Waals surface area contributed by atoms with E-state index in [4.69, 9.17) is 11.6 Å². The number of likely N-dealkylation sites (tertiary alicyclic amines) is 2. The third-order valence-corrected chi connectivity index (χ3v) is 8.28. The molecule has 0 aromatic heterocycles. The number of halogens is 3. The lowest BCUT2D eigenvalue weighted by molar-refractivity contribution is -0.147.